The molecule has 1 unspecified atom stereocenters. The van der Waals surface area contributed by atoms with E-state index in [1.807, 2.05) is 12.1 Å². The van der Waals surface area contributed by atoms with E-state index in [-0.39, 0.29) is 6.04 Å². The van der Waals surface area contributed by atoms with Crippen LogP contribution in [0.5, 0.6) is 5.75 Å². The molecular weight excluding hydrogens is 226 g/mol. The minimum Gasteiger partial charge on any atom is -0.497 e. The number of hydrogen-bond acceptors (Lipinski definition) is 3. The molecule has 1 atom stereocenters. The van der Waals surface area contributed by atoms with Crippen LogP contribution >= 0.6 is 0 Å². The maximum atomic E-state index is 5.78. The Morgan fingerprint density at radius 1 is 1.44 bits per heavy atom. The highest BCUT2D eigenvalue weighted by molar-refractivity contribution is 5.34. The summed E-state index contributed by atoms with van der Waals surface area (Å²) in [4.78, 5) is 0. The van der Waals surface area contributed by atoms with Gasteiger partial charge in [0.1, 0.15) is 11.5 Å². The highest BCUT2D eigenvalue weighted by Crippen LogP contribution is 2.28. The molecule has 1 aliphatic heterocycles. The Morgan fingerprint density at radius 3 is 3.00 bits per heavy atom. The molecular formula is C15H21NO2. The Bertz CT molecular complexity index is 415. The Hall–Kier alpha value is -1.48. The summed E-state index contributed by atoms with van der Waals surface area (Å²) < 4.78 is 11.1. The van der Waals surface area contributed by atoms with Crippen molar-refractivity contribution in [3.05, 3.63) is 41.7 Å². The van der Waals surface area contributed by atoms with Gasteiger partial charge in [0.2, 0.25) is 0 Å². The first-order chi connectivity index (χ1) is 8.85. The fourth-order valence-corrected chi connectivity index (χ4v) is 2.19. The molecule has 0 aromatic heterocycles. The van der Waals surface area contributed by atoms with Crippen LogP contribution in [0.4, 0.5) is 0 Å². The van der Waals surface area contributed by atoms with Crippen LogP contribution in [-0.2, 0) is 4.74 Å². The van der Waals surface area contributed by atoms with Crippen molar-refractivity contribution in [1.82, 2.24) is 5.32 Å². The lowest BCUT2D eigenvalue weighted by atomic mass is 10.0. The molecule has 0 amide bonds. The largest absolute Gasteiger partial charge is 0.497 e. The van der Waals surface area contributed by atoms with Crippen molar-refractivity contribution < 1.29 is 9.47 Å². The molecule has 1 aromatic carbocycles. The van der Waals surface area contributed by atoms with E-state index in [1.54, 1.807) is 7.11 Å². The summed E-state index contributed by atoms with van der Waals surface area (Å²) in [6.45, 7) is 3.83. The van der Waals surface area contributed by atoms with Crippen LogP contribution in [0.25, 0.3) is 0 Å². The van der Waals surface area contributed by atoms with Crippen molar-refractivity contribution in [1.29, 1.82) is 0 Å². The Labute approximate surface area is 109 Å². The quantitative estimate of drug-likeness (QED) is 0.867. The van der Waals surface area contributed by atoms with E-state index >= 15 is 0 Å². The molecule has 3 heteroatoms. The Morgan fingerprint density at radius 2 is 2.33 bits per heavy atom. The number of methoxy groups -OCH3 is 1. The highest BCUT2D eigenvalue weighted by Gasteiger charge is 2.19. The zero-order chi connectivity index (χ0) is 12.8. The van der Waals surface area contributed by atoms with E-state index in [0.29, 0.717) is 0 Å². The summed E-state index contributed by atoms with van der Waals surface area (Å²) in [6.07, 6.45) is 4.40. The van der Waals surface area contributed by atoms with E-state index in [0.717, 1.165) is 37.5 Å². The lowest BCUT2D eigenvalue weighted by Crippen LogP contribution is -2.25. The Balaban J connectivity index is 2.25. The molecule has 0 spiro atoms. The zero-order valence-corrected chi connectivity index (χ0v) is 11.1. The van der Waals surface area contributed by atoms with Gasteiger partial charge in [0.25, 0.3) is 0 Å². The molecule has 1 aliphatic rings. The minimum atomic E-state index is 0.130. The van der Waals surface area contributed by atoms with E-state index < -0.39 is 0 Å². The topological polar surface area (TPSA) is 30.5 Å². The van der Waals surface area contributed by atoms with E-state index in [2.05, 4.69) is 30.4 Å². The molecule has 1 aromatic rings. The maximum absolute atomic E-state index is 5.78. The van der Waals surface area contributed by atoms with Crippen molar-refractivity contribution in [2.45, 2.75) is 25.8 Å². The summed E-state index contributed by atoms with van der Waals surface area (Å²) in [7, 11) is 1.69. The van der Waals surface area contributed by atoms with Crippen LogP contribution in [-0.4, -0.2) is 20.3 Å². The fraction of sp³-hybridized carbons (Fsp3) is 0.467. The summed E-state index contributed by atoms with van der Waals surface area (Å²) >= 11 is 0. The molecule has 1 heterocycles. The summed E-state index contributed by atoms with van der Waals surface area (Å²) in [6, 6.07) is 8.27. The molecule has 0 aliphatic carbocycles. The average molecular weight is 247 g/mol. The van der Waals surface area contributed by atoms with Gasteiger partial charge in [-0.05, 0) is 43.2 Å². The number of likely N-dealkylation sites (N-methyl/N-ethyl adjacent to an activating group) is 1. The smallest absolute Gasteiger partial charge is 0.119 e. The molecule has 18 heavy (non-hydrogen) atoms. The SMILES string of the molecule is CCNC(C1=CCCCO1)c1cccc(OC)c1. The van der Waals surface area contributed by atoms with Crippen LogP contribution in [0.2, 0.25) is 0 Å². The third-order valence-electron chi connectivity index (χ3n) is 3.08. The monoisotopic (exact) mass is 247 g/mol. The molecule has 0 saturated heterocycles. The van der Waals surface area contributed by atoms with Crippen LogP contribution in [0, 0.1) is 0 Å². The molecule has 0 bridgehead atoms. The number of benzene rings is 1. The molecule has 0 radical (unpaired) electrons. The number of hydrogen-bond donors (Lipinski definition) is 1. The van der Waals surface area contributed by atoms with Gasteiger partial charge in [0.15, 0.2) is 0 Å². The van der Waals surface area contributed by atoms with Gasteiger partial charge in [-0.1, -0.05) is 19.1 Å². The van der Waals surface area contributed by atoms with Gasteiger partial charge in [-0.25, -0.2) is 0 Å². The van der Waals surface area contributed by atoms with Crippen LogP contribution < -0.4 is 10.1 Å². The minimum absolute atomic E-state index is 0.130. The average Bonchev–Trinajstić information content (AvgIpc) is 2.46. The molecule has 0 fully saturated rings. The van der Waals surface area contributed by atoms with Crippen molar-refractivity contribution in [2.24, 2.45) is 0 Å². The van der Waals surface area contributed by atoms with Crippen molar-refractivity contribution >= 4 is 0 Å². The number of allylic oxidation sites excluding steroid dienone is 1. The van der Waals surface area contributed by atoms with Gasteiger partial charge < -0.3 is 14.8 Å². The normalized spacial score (nSPS) is 16.7. The molecule has 98 valence electrons. The maximum Gasteiger partial charge on any atom is 0.119 e. The van der Waals surface area contributed by atoms with Crippen molar-refractivity contribution in [3.63, 3.8) is 0 Å². The van der Waals surface area contributed by atoms with Crippen LogP contribution in [0.15, 0.2) is 36.1 Å². The number of nitrogens with one attached hydrogen (secondary N) is 1. The lowest BCUT2D eigenvalue weighted by Gasteiger charge is -2.25. The predicted octanol–water partition coefficient (Wildman–Crippen LogP) is 3.04. The second kappa shape index (κ2) is 6.45. The first-order valence-corrected chi connectivity index (χ1v) is 6.55. The van der Waals surface area contributed by atoms with Gasteiger partial charge in [-0.15, -0.1) is 0 Å². The van der Waals surface area contributed by atoms with Crippen molar-refractivity contribution in [3.8, 4) is 5.75 Å². The third kappa shape index (κ3) is 3.05. The van der Waals surface area contributed by atoms with E-state index in [9.17, 15) is 0 Å². The van der Waals surface area contributed by atoms with E-state index in [1.165, 1.54) is 5.56 Å². The second-order valence-corrected chi connectivity index (χ2v) is 4.36. The number of ether oxygens (including phenoxy) is 2. The zero-order valence-electron chi connectivity index (χ0n) is 11.1. The first kappa shape index (κ1) is 13.0. The lowest BCUT2D eigenvalue weighted by molar-refractivity contribution is 0.168. The number of rotatable bonds is 5. The summed E-state index contributed by atoms with van der Waals surface area (Å²) in [5, 5.41) is 3.47. The highest BCUT2D eigenvalue weighted by atomic mass is 16.5. The Kier molecular flexibility index (Phi) is 4.65. The standard InChI is InChI=1S/C15H21NO2/c1-3-16-15(14-9-4-5-10-18-14)12-7-6-8-13(11-12)17-2/h6-9,11,15-16H,3-5,10H2,1-2H3. The van der Waals surface area contributed by atoms with Gasteiger partial charge >= 0.3 is 0 Å². The van der Waals surface area contributed by atoms with Gasteiger partial charge in [-0.3, -0.25) is 0 Å². The van der Waals surface area contributed by atoms with Crippen LogP contribution in [0.1, 0.15) is 31.4 Å². The third-order valence-corrected chi connectivity index (χ3v) is 3.08. The predicted molar refractivity (Wildman–Crippen MR) is 72.7 cm³/mol. The van der Waals surface area contributed by atoms with Gasteiger partial charge in [0.05, 0.1) is 19.8 Å². The fourth-order valence-electron chi connectivity index (χ4n) is 2.19. The van der Waals surface area contributed by atoms with Crippen molar-refractivity contribution in [2.75, 3.05) is 20.3 Å². The molecule has 3 nitrogen and oxygen atoms in total. The summed E-state index contributed by atoms with van der Waals surface area (Å²) in [5.41, 5.74) is 1.18. The first-order valence-electron chi connectivity index (χ1n) is 6.55. The second-order valence-electron chi connectivity index (χ2n) is 4.36. The van der Waals surface area contributed by atoms with Gasteiger partial charge in [-0.2, -0.15) is 0 Å². The van der Waals surface area contributed by atoms with Gasteiger partial charge in [0, 0.05) is 0 Å². The van der Waals surface area contributed by atoms with E-state index in [4.69, 9.17) is 9.47 Å². The molecule has 1 N–H and O–H groups in total. The molecule has 2 rings (SSSR count). The van der Waals surface area contributed by atoms with Crippen LogP contribution in [0.3, 0.4) is 0 Å². The molecule has 0 saturated carbocycles. The summed E-state index contributed by atoms with van der Waals surface area (Å²) in [5.74, 6) is 1.92.